The van der Waals surface area contributed by atoms with Crippen LogP contribution in [0.15, 0.2) is 53.4 Å². The number of ketones is 1. The lowest BCUT2D eigenvalue weighted by Crippen LogP contribution is -2.10. The van der Waals surface area contributed by atoms with Crippen LogP contribution in [-0.4, -0.2) is 20.0 Å². The van der Waals surface area contributed by atoms with E-state index < -0.39 is 21.4 Å². The van der Waals surface area contributed by atoms with E-state index in [1.807, 2.05) is 31.2 Å². The van der Waals surface area contributed by atoms with Crippen molar-refractivity contribution in [2.24, 2.45) is 0 Å². The summed E-state index contributed by atoms with van der Waals surface area (Å²) >= 11 is 0.991. The average molecular weight is 433 g/mol. The molecule has 0 saturated carbocycles. The monoisotopic (exact) mass is 432 g/mol. The summed E-state index contributed by atoms with van der Waals surface area (Å²) in [5.41, 5.74) is 7.98. The second kappa shape index (κ2) is 8.34. The number of rotatable bonds is 7. The minimum absolute atomic E-state index is 0.0573. The molecule has 3 aromatic rings. The fourth-order valence-electron chi connectivity index (χ4n) is 2.93. The third kappa shape index (κ3) is 4.33. The lowest BCUT2D eigenvalue weighted by atomic mass is 10.1. The van der Waals surface area contributed by atoms with E-state index in [2.05, 4.69) is 5.32 Å². The van der Waals surface area contributed by atoms with Crippen molar-refractivity contribution in [2.45, 2.75) is 25.2 Å². The van der Waals surface area contributed by atoms with E-state index in [0.717, 1.165) is 22.6 Å². The second-order valence-corrected chi connectivity index (χ2v) is 9.66. The fourth-order valence-corrected chi connectivity index (χ4v) is 6.00. The Balaban J connectivity index is 2.14. The van der Waals surface area contributed by atoms with Gasteiger partial charge in [0.15, 0.2) is 9.84 Å². The number of hydrogen-bond acceptors (Lipinski definition) is 6. The SMILES string of the molecule is CCCS(=O)(=O)c1c(Nc2ccccc2C)sc(C(=O)c2ccc(F)cc2)c1N. The maximum Gasteiger partial charge on any atom is 0.205 e. The van der Waals surface area contributed by atoms with Gasteiger partial charge in [0.1, 0.15) is 20.6 Å². The maximum atomic E-state index is 13.2. The Kier molecular flexibility index (Phi) is 6.04. The standard InChI is InChI=1S/C21H21FN2O3S2/c1-3-12-29(26,27)20-17(23)19(18(25)14-8-10-15(22)11-9-14)28-21(20)24-16-7-5-4-6-13(16)2/h4-11,24H,3,12,23H2,1-2H3. The van der Waals surface area contributed by atoms with Crippen LogP contribution >= 0.6 is 11.3 Å². The van der Waals surface area contributed by atoms with Crippen molar-refractivity contribution in [3.05, 3.63) is 70.4 Å². The number of nitrogens with two attached hydrogens (primary N) is 1. The summed E-state index contributed by atoms with van der Waals surface area (Å²) in [7, 11) is -3.70. The lowest BCUT2D eigenvalue weighted by Gasteiger charge is -2.10. The van der Waals surface area contributed by atoms with Crippen molar-refractivity contribution in [3.63, 3.8) is 0 Å². The highest BCUT2D eigenvalue weighted by Crippen LogP contribution is 2.42. The number of nitrogen functional groups attached to an aromatic ring is 1. The molecule has 0 unspecified atom stereocenters. The van der Waals surface area contributed by atoms with Crippen molar-refractivity contribution in [3.8, 4) is 0 Å². The Morgan fingerprint density at radius 1 is 1.14 bits per heavy atom. The molecule has 1 heterocycles. The molecular weight excluding hydrogens is 411 g/mol. The van der Waals surface area contributed by atoms with Crippen LogP contribution in [0.2, 0.25) is 0 Å². The quantitative estimate of drug-likeness (QED) is 0.517. The van der Waals surface area contributed by atoms with Gasteiger partial charge in [-0.2, -0.15) is 0 Å². The molecule has 0 atom stereocenters. The molecule has 0 aliphatic carbocycles. The number of benzene rings is 2. The van der Waals surface area contributed by atoms with Gasteiger partial charge in [-0.15, -0.1) is 11.3 Å². The van der Waals surface area contributed by atoms with Crippen LogP contribution in [0.4, 0.5) is 20.8 Å². The highest BCUT2D eigenvalue weighted by Gasteiger charge is 2.30. The van der Waals surface area contributed by atoms with Gasteiger partial charge in [0.2, 0.25) is 5.78 Å². The molecular formula is C21H21FN2O3S2. The summed E-state index contributed by atoms with van der Waals surface area (Å²) in [6, 6.07) is 12.5. The summed E-state index contributed by atoms with van der Waals surface area (Å²) in [6.45, 7) is 3.66. The fraction of sp³-hybridized carbons (Fsp3) is 0.190. The summed E-state index contributed by atoms with van der Waals surface area (Å²) in [6.07, 6.45) is 0.419. The molecule has 0 saturated heterocycles. The van der Waals surface area contributed by atoms with Crippen molar-refractivity contribution in [1.82, 2.24) is 0 Å². The van der Waals surface area contributed by atoms with Crippen LogP contribution in [0.1, 0.15) is 34.1 Å². The van der Waals surface area contributed by atoms with Gasteiger partial charge in [-0.05, 0) is 49.2 Å². The Labute approximate surface area is 173 Å². The minimum Gasteiger partial charge on any atom is -0.396 e. The Morgan fingerprint density at radius 2 is 1.79 bits per heavy atom. The normalized spacial score (nSPS) is 11.4. The van der Waals surface area contributed by atoms with Gasteiger partial charge in [0.05, 0.1) is 11.4 Å². The Bertz CT molecular complexity index is 1150. The highest BCUT2D eigenvalue weighted by atomic mass is 32.2. The molecule has 0 aliphatic rings. The molecule has 1 aromatic heterocycles. The first-order chi connectivity index (χ1) is 13.7. The number of para-hydroxylation sites is 1. The van der Waals surface area contributed by atoms with Gasteiger partial charge >= 0.3 is 0 Å². The van der Waals surface area contributed by atoms with E-state index in [1.54, 1.807) is 6.92 Å². The molecule has 8 heteroatoms. The van der Waals surface area contributed by atoms with Crippen molar-refractivity contribution in [2.75, 3.05) is 16.8 Å². The van der Waals surface area contributed by atoms with Crippen LogP contribution in [-0.2, 0) is 9.84 Å². The Hall–Kier alpha value is -2.71. The molecule has 0 radical (unpaired) electrons. The van der Waals surface area contributed by atoms with Gasteiger partial charge in [0, 0.05) is 11.3 Å². The second-order valence-electron chi connectivity index (χ2n) is 6.60. The molecule has 0 amide bonds. The smallest absolute Gasteiger partial charge is 0.205 e. The average Bonchev–Trinajstić information content (AvgIpc) is 3.00. The first kappa shape index (κ1) is 21.0. The van der Waals surface area contributed by atoms with Crippen LogP contribution in [0.3, 0.4) is 0 Å². The third-order valence-electron chi connectivity index (χ3n) is 4.39. The molecule has 29 heavy (non-hydrogen) atoms. The number of sulfone groups is 1. The van der Waals surface area contributed by atoms with Crippen LogP contribution in [0.5, 0.6) is 0 Å². The third-order valence-corrected chi connectivity index (χ3v) is 7.63. The van der Waals surface area contributed by atoms with Crippen molar-refractivity contribution in [1.29, 1.82) is 0 Å². The van der Waals surface area contributed by atoms with E-state index in [4.69, 9.17) is 5.73 Å². The molecule has 5 nitrogen and oxygen atoms in total. The van der Waals surface area contributed by atoms with Gasteiger partial charge < -0.3 is 11.1 Å². The molecule has 0 fully saturated rings. The highest BCUT2D eigenvalue weighted by molar-refractivity contribution is 7.92. The number of carbonyl (C=O) groups excluding carboxylic acids is 1. The van der Waals surface area contributed by atoms with E-state index >= 15 is 0 Å². The van der Waals surface area contributed by atoms with Crippen LogP contribution in [0, 0.1) is 12.7 Å². The molecule has 3 N–H and O–H groups in total. The first-order valence-electron chi connectivity index (χ1n) is 9.02. The van der Waals surface area contributed by atoms with Crippen LogP contribution in [0.25, 0.3) is 0 Å². The van der Waals surface area contributed by atoms with E-state index in [1.165, 1.54) is 24.3 Å². The largest absolute Gasteiger partial charge is 0.396 e. The zero-order valence-electron chi connectivity index (χ0n) is 16.0. The lowest BCUT2D eigenvalue weighted by molar-refractivity contribution is 0.104. The topological polar surface area (TPSA) is 89.3 Å². The van der Waals surface area contributed by atoms with Crippen molar-refractivity contribution >= 4 is 43.3 Å². The van der Waals surface area contributed by atoms with Crippen LogP contribution < -0.4 is 11.1 Å². The number of carbonyl (C=O) groups is 1. The molecule has 2 aromatic carbocycles. The zero-order valence-corrected chi connectivity index (χ0v) is 17.7. The molecule has 152 valence electrons. The zero-order chi connectivity index (χ0) is 21.2. The molecule has 0 spiro atoms. The van der Waals surface area contributed by atoms with E-state index in [9.17, 15) is 17.6 Å². The number of aryl methyl sites for hydroxylation is 1. The minimum atomic E-state index is -3.70. The van der Waals surface area contributed by atoms with E-state index in [0.29, 0.717) is 11.4 Å². The summed E-state index contributed by atoms with van der Waals surface area (Å²) in [5.74, 6) is -0.993. The summed E-state index contributed by atoms with van der Waals surface area (Å²) < 4.78 is 39.0. The number of halogens is 1. The van der Waals surface area contributed by atoms with Crippen molar-refractivity contribution < 1.29 is 17.6 Å². The predicted molar refractivity (Wildman–Crippen MR) is 115 cm³/mol. The maximum absolute atomic E-state index is 13.2. The predicted octanol–water partition coefficient (Wildman–Crippen LogP) is 4.94. The first-order valence-corrected chi connectivity index (χ1v) is 11.5. The van der Waals surface area contributed by atoms with Gasteiger partial charge in [-0.25, -0.2) is 12.8 Å². The van der Waals surface area contributed by atoms with Gasteiger partial charge in [-0.3, -0.25) is 4.79 Å². The van der Waals surface area contributed by atoms with Gasteiger partial charge in [-0.1, -0.05) is 25.1 Å². The van der Waals surface area contributed by atoms with Gasteiger partial charge in [0.25, 0.3) is 0 Å². The summed E-state index contributed by atoms with van der Waals surface area (Å²) in [5, 5.41) is 3.43. The number of nitrogens with one attached hydrogen (secondary N) is 1. The molecule has 3 rings (SSSR count). The number of anilines is 3. The summed E-state index contributed by atoms with van der Waals surface area (Å²) in [4.78, 5) is 13.0. The number of thiophene rings is 1. The van der Waals surface area contributed by atoms with E-state index in [-0.39, 0.29) is 26.8 Å². The molecule has 0 aliphatic heterocycles. The Morgan fingerprint density at radius 3 is 2.41 bits per heavy atom. The number of hydrogen-bond donors (Lipinski definition) is 2. The molecule has 0 bridgehead atoms.